The monoisotopic (exact) mass is 472 g/mol. The molecule has 8 nitrogen and oxygen atoms in total. The number of amides is 2. The SMILES string of the molecule is CCc1ccc2nc(NC(=O)c3cccc(S(=O)(=O)N4CCN(C(C)=O)CC4)c3)sc2c1. The van der Waals surface area contributed by atoms with Crippen molar-refractivity contribution >= 4 is 48.5 Å². The molecule has 2 amide bonds. The molecule has 32 heavy (non-hydrogen) atoms. The van der Waals surface area contributed by atoms with Crippen molar-refractivity contribution in [1.82, 2.24) is 14.2 Å². The number of nitrogens with zero attached hydrogens (tertiary/aromatic N) is 3. The minimum absolute atomic E-state index is 0.0540. The number of nitrogens with one attached hydrogen (secondary N) is 1. The molecule has 1 fully saturated rings. The van der Waals surface area contributed by atoms with Gasteiger partial charge in [-0.3, -0.25) is 14.9 Å². The highest BCUT2D eigenvalue weighted by molar-refractivity contribution is 7.89. The maximum Gasteiger partial charge on any atom is 0.257 e. The summed E-state index contributed by atoms with van der Waals surface area (Å²) in [6.45, 7) is 4.71. The lowest BCUT2D eigenvalue weighted by Gasteiger charge is -2.33. The van der Waals surface area contributed by atoms with E-state index in [9.17, 15) is 18.0 Å². The molecule has 168 valence electrons. The second kappa shape index (κ2) is 8.97. The molecule has 0 bridgehead atoms. The number of fused-ring (bicyclic) bond motifs is 1. The Balaban J connectivity index is 1.51. The van der Waals surface area contributed by atoms with Crippen molar-refractivity contribution in [2.24, 2.45) is 0 Å². The zero-order chi connectivity index (χ0) is 22.9. The normalized spacial score (nSPS) is 15.1. The number of aryl methyl sites for hydroxylation is 1. The molecule has 0 saturated carbocycles. The Hall–Kier alpha value is -2.82. The first-order valence-electron chi connectivity index (χ1n) is 10.3. The van der Waals surface area contributed by atoms with E-state index in [1.54, 1.807) is 17.0 Å². The van der Waals surface area contributed by atoms with Gasteiger partial charge >= 0.3 is 0 Å². The average Bonchev–Trinajstić information content (AvgIpc) is 3.20. The van der Waals surface area contributed by atoms with E-state index in [1.165, 1.54) is 40.3 Å². The predicted octanol–water partition coefficient (Wildman–Crippen LogP) is 2.96. The molecule has 1 aliphatic rings. The number of carbonyl (C=O) groups is 2. The number of hydrogen-bond donors (Lipinski definition) is 1. The summed E-state index contributed by atoms with van der Waals surface area (Å²) >= 11 is 1.38. The second-order valence-corrected chi connectivity index (χ2v) is 10.5. The molecule has 1 N–H and O–H groups in total. The number of rotatable bonds is 5. The van der Waals surface area contributed by atoms with Crippen LogP contribution < -0.4 is 5.32 Å². The number of aromatic nitrogens is 1. The van der Waals surface area contributed by atoms with Crippen LogP contribution in [0.15, 0.2) is 47.4 Å². The van der Waals surface area contributed by atoms with Gasteiger partial charge in [0.15, 0.2) is 5.13 Å². The maximum atomic E-state index is 13.1. The molecule has 3 aromatic rings. The lowest BCUT2D eigenvalue weighted by molar-refractivity contribution is -0.129. The Kier molecular flexibility index (Phi) is 6.27. The average molecular weight is 473 g/mol. The molecule has 0 aliphatic carbocycles. The number of anilines is 1. The van der Waals surface area contributed by atoms with Gasteiger partial charge in [-0.25, -0.2) is 13.4 Å². The Labute approximate surface area is 190 Å². The zero-order valence-electron chi connectivity index (χ0n) is 17.9. The highest BCUT2D eigenvalue weighted by Crippen LogP contribution is 2.27. The van der Waals surface area contributed by atoms with E-state index < -0.39 is 15.9 Å². The van der Waals surface area contributed by atoms with Crippen LogP contribution in [0.4, 0.5) is 5.13 Å². The van der Waals surface area contributed by atoms with Gasteiger partial charge in [-0.1, -0.05) is 30.4 Å². The van der Waals surface area contributed by atoms with Crippen molar-refractivity contribution in [3.8, 4) is 0 Å². The Morgan fingerprint density at radius 2 is 1.84 bits per heavy atom. The number of hydrogen-bond acceptors (Lipinski definition) is 6. The van der Waals surface area contributed by atoms with Crippen molar-refractivity contribution in [2.75, 3.05) is 31.5 Å². The van der Waals surface area contributed by atoms with Gasteiger partial charge in [-0.15, -0.1) is 0 Å². The van der Waals surface area contributed by atoms with Crippen LogP contribution in [0.3, 0.4) is 0 Å². The van der Waals surface area contributed by atoms with E-state index in [4.69, 9.17) is 0 Å². The summed E-state index contributed by atoms with van der Waals surface area (Å²) < 4.78 is 28.4. The third kappa shape index (κ3) is 4.52. The topological polar surface area (TPSA) is 99.7 Å². The van der Waals surface area contributed by atoms with E-state index in [0.29, 0.717) is 18.2 Å². The van der Waals surface area contributed by atoms with E-state index in [-0.39, 0.29) is 29.5 Å². The van der Waals surface area contributed by atoms with Crippen LogP contribution in [0.1, 0.15) is 29.8 Å². The summed E-state index contributed by atoms with van der Waals surface area (Å²) in [4.78, 5) is 30.4. The Morgan fingerprint density at radius 1 is 1.09 bits per heavy atom. The summed E-state index contributed by atoms with van der Waals surface area (Å²) in [6, 6.07) is 12.0. The predicted molar refractivity (Wildman–Crippen MR) is 124 cm³/mol. The first kappa shape index (κ1) is 22.4. The molecule has 4 rings (SSSR count). The summed E-state index contributed by atoms with van der Waals surface area (Å²) in [5, 5.41) is 3.24. The molecular formula is C22H24N4O4S2. The summed E-state index contributed by atoms with van der Waals surface area (Å²) in [7, 11) is -3.77. The fourth-order valence-electron chi connectivity index (χ4n) is 3.60. The van der Waals surface area contributed by atoms with Crippen molar-refractivity contribution in [1.29, 1.82) is 0 Å². The number of piperazine rings is 1. The molecule has 2 aromatic carbocycles. The van der Waals surface area contributed by atoms with Gasteiger partial charge in [0.25, 0.3) is 5.91 Å². The van der Waals surface area contributed by atoms with Gasteiger partial charge in [0.2, 0.25) is 15.9 Å². The molecule has 0 atom stereocenters. The number of carbonyl (C=O) groups excluding carboxylic acids is 2. The van der Waals surface area contributed by atoms with Gasteiger partial charge in [-0.05, 0) is 42.3 Å². The van der Waals surface area contributed by atoms with Crippen LogP contribution in [0, 0.1) is 0 Å². The standard InChI is InChI=1S/C22H24N4O4S2/c1-3-16-7-8-19-20(13-16)31-22(23-19)24-21(28)17-5-4-6-18(14-17)32(29,30)26-11-9-25(10-12-26)15(2)27/h4-8,13-14H,3,9-12H2,1-2H3,(H,23,24,28). The summed E-state index contributed by atoms with van der Waals surface area (Å²) in [5.74, 6) is -0.486. The highest BCUT2D eigenvalue weighted by Gasteiger charge is 2.29. The minimum atomic E-state index is -3.77. The summed E-state index contributed by atoms with van der Waals surface area (Å²) in [5.41, 5.74) is 2.24. The van der Waals surface area contributed by atoms with Crippen LogP contribution >= 0.6 is 11.3 Å². The van der Waals surface area contributed by atoms with Crippen LogP contribution in [0.25, 0.3) is 10.2 Å². The van der Waals surface area contributed by atoms with Crippen LogP contribution in [0.5, 0.6) is 0 Å². The fraction of sp³-hybridized carbons (Fsp3) is 0.318. The van der Waals surface area contributed by atoms with Gasteiger partial charge in [-0.2, -0.15) is 4.31 Å². The number of benzene rings is 2. The Bertz CT molecular complexity index is 1280. The van der Waals surface area contributed by atoms with Crippen LogP contribution in [-0.2, 0) is 21.2 Å². The first-order valence-corrected chi connectivity index (χ1v) is 12.6. The molecule has 1 aromatic heterocycles. The lowest BCUT2D eigenvalue weighted by Crippen LogP contribution is -2.49. The molecule has 0 spiro atoms. The summed E-state index contributed by atoms with van der Waals surface area (Å²) in [6.07, 6.45) is 0.917. The van der Waals surface area contributed by atoms with Crippen LogP contribution in [-0.4, -0.2) is 60.6 Å². The van der Waals surface area contributed by atoms with E-state index in [1.807, 2.05) is 12.1 Å². The lowest BCUT2D eigenvalue weighted by atomic mass is 10.2. The molecule has 1 aliphatic heterocycles. The maximum absolute atomic E-state index is 13.1. The zero-order valence-corrected chi connectivity index (χ0v) is 19.5. The smallest absolute Gasteiger partial charge is 0.257 e. The molecule has 0 radical (unpaired) electrons. The first-order chi connectivity index (χ1) is 15.3. The quantitative estimate of drug-likeness (QED) is 0.615. The van der Waals surface area contributed by atoms with Gasteiger partial charge in [0.1, 0.15) is 0 Å². The molecular weight excluding hydrogens is 448 g/mol. The highest BCUT2D eigenvalue weighted by atomic mass is 32.2. The third-order valence-electron chi connectivity index (χ3n) is 5.50. The van der Waals surface area contributed by atoms with Gasteiger partial charge in [0.05, 0.1) is 15.1 Å². The van der Waals surface area contributed by atoms with Crippen molar-refractivity contribution in [2.45, 2.75) is 25.2 Å². The van der Waals surface area contributed by atoms with E-state index in [2.05, 4.69) is 23.3 Å². The van der Waals surface area contributed by atoms with Crippen molar-refractivity contribution < 1.29 is 18.0 Å². The molecule has 2 heterocycles. The van der Waals surface area contributed by atoms with E-state index >= 15 is 0 Å². The van der Waals surface area contributed by atoms with Crippen molar-refractivity contribution in [3.63, 3.8) is 0 Å². The molecule has 0 unspecified atom stereocenters. The van der Waals surface area contributed by atoms with E-state index in [0.717, 1.165) is 16.6 Å². The molecule has 10 heteroatoms. The second-order valence-electron chi connectivity index (χ2n) is 7.57. The third-order valence-corrected chi connectivity index (χ3v) is 8.33. The fourth-order valence-corrected chi connectivity index (χ4v) is 6.00. The van der Waals surface area contributed by atoms with Crippen LogP contribution in [0.2, 0.25) is 0 Å². The Morgan fingerprint density at radius 3 is 2.53 bits per heavy atom. The van der Waals surface area contributed by atoms with Crippen molar-refractivity contribution in [3.05, 3.63) is 53.6 Å². The number of thiazole rings is 1. The van der Waals surface area contributed by atoms with Gasteiger partial charge < -0.3 is 4.90 Å². The largest absolute Gasteiger partial charge is 0.340 e. The molecule has 1 saturated heterocycles. The number of sulfonamides is 1. The minimum Gasteiger partial charge on any atom is -0.340 e. The van der Waals surface area contributed by atoms with Gasteiger partial charge in [0, 0.05) is 38.7 Å².